The lowest BCUT2D eigenvalue weighted by molar-refractivity contribution is -0.596. The highest BCUT2D eigenvalue weighted by molar-refractivity contribution is 5.41. The summed E-state index contributed by atoms with van der Waals surface area (Å²) in [4.78, 5) is 10.4. The first kappa shape index (κ1) is 17.6. The number of aryl methyl sites for hydroxylation is 1. The van der Waals surface area contributed by atoms with Gasteiger partial charge in [-0.25, -0.2) is 4.68 Å². The summed E-state index contributed by atoms with van der Waals surface area (Å²) in [6.45, 7) is 8.22. The molecule has 1 aromatic heterocycles. The molecule has 6 heteroatoms. The van der Waals surface area contributed by atoms with Gasteiger partial charge in [-0.2, -0.15) is 5.10 Å². The van der Waals surface area contributed by atoms with Gasteiger partial charge >= 0.3 is 0 Å². The molecule has 0 amide bonds. The number of aromatic nitrogens is 2. The Labute approximate surface area is 151 Å². The second-order valence-corrected chi connectivity index (χ2v) is 6.19. The molecule has 6 nitrogen and oxygen atoms in total. The lowest BCUT2D eigenvalue weighted by Gasteiger charge is -2.06. The van der Waals surface area contributed by atoms with Crippen molar-refractivity contribution in [3.8, 4) is 5.69 Å². The van der Waals surface area contributed by atoms with Crippen LogP contribution in [0.25, 0.3) is 18.5 Å². The number of nitrogens with zero attached hydrogens (tertiary/aromatic N) is 3. The molecular weight excluding hydrogens is 328 g/mol. The van der Waals surface area contributed by atoms with Crippen LogP contribution >= 0.6 is 0 Å². The first-order chi connectivity index (χ1) is 12.5. The van der Waals surface area contributed by atoms with Crippen LogP contribution in [0.5, 0.6) is 0 Å². The van der Waals surface area contributed by atoms with E-state index in [0.717, 1.165) is 21.9 Å². The highest BCUT2D eigenvalue weighted by atomic mass is 16.6. The molecule has 132 valence electrons. The number of benzene rings is 2. The topological polar surface area (TPSA) is 77.6 Å². The van der Waals surface area contributed by atoms with Crippen LogP contribution in [0.2, 0.25) is 0 Å². The monoisotopic (exact) mass is 349 g/mol. The fourth-order valence-corrected chi connectivity index (χ4v) is 2.84. The summed E-state index contributed by atoms with van der Waals surface area (Å²) in [5, 5.41) is 19.2. The van der Waals surface area contributed by atoms with Crippen molar-refractivity contribution in [3.05, 3.63) is 86.5 Å². The predicted molar refractivity (Wildman–Crippen MR) is 101 cm³/mol. The van der Waals surface area contributed by atoms with E-state index in [4.69, 9.17) is 0 Å². The third-order valence-corrected chi connectivity index (χ3v) is 4.39. The van der Waals surface area contributed by atoms with E-state index in [-0.39, 0.29) is 11.7 Å². The standard InChI is InChI=1S/C20H20N4O2/c1-14(17-7-5-4-6-8-17)21-13-20-15(2)22-23(16(20)3)18-9-11-19(12-10-18)24(25)26/h4-14,21H,3H2,1-2H3/p+1/b20-13-/t14-/m1/s1. The molecule has 0 fully saturated rings. The van der Waals surface area contributed by atoms with Crippen molar-refractivity contribution in [3.63, 3.8) is 0 Å². The quantitative estimate of drug-likeness (QED) is 0.561. The number of hydrogen-bond acceptors (Lipinski definition) is 3. The van der Waals surface area contributed by atoms with Crippen molar-refractivity contribution < 1.29 is 10.2 Å². The summed E-state index contributed by atoms with van der Waals surface area (Å²) in [6, 6.07) is 16.9. The zero-order chi connectivity index (χ0) is 18.7. The second-order valence-electron chi connectivity index (χ2n) is 6.19. The maximum atomic E-state index is 10.8. The molecule has 3 aromatic rings. The Balaban J connectivity index is 1.90. The molecule has 0 unspecified atom stereocenters. The van der Waals surface area contributed by atoms with Gasteiger partial charge in [-0.1, -0.05) is 36.9 Å². The zero-order valence-electron chi connectivity index (χ0n) is 14.8. The molecular formula is C20H21N4O2+. The van der Waals surface area contributed by atoms with Crippen LogP contribution in [-0.2, 0) is 0 Å². The minimum Gasteiger partial charge on any atom is -0.313 e. The molecule has 0 aliphatic carbocycles. The summed E-state index contributed by atoms with van der Waals surface area (Å²) in [5.41, 5.74) is 2.92. The SMILES string of the molecule is C=c1/c(=C\[NH2+][C@H](C)c2ccccc2)c(C)nn1-c1ccc([N+](=O)[O-])cc1. The zero-order valence-corrected chi connectivity index (χ0v) is 14.8. The van der Waals surface area contributed by atoms with Crippen molar-refractivity contribution in [2.75, 3.05) is 0 Å². The highest BCUT2D eigenvalue weighted by Crippen LogP contribution is 2.13. The Morgan fingerprint density at radius 3 is 2.46 bits per heavy atom. The average Bonchev–Trinajstić information content (AvgIpc) is 2.94. The van der Waals surface area contributed by atoms with Crippen molar-refractivity contribution in [2.24, 2.45) is 0 Å². The molecule has 2 N–H and O–H groups in total. The number of rotatable bonds is 5. The van der Waals surface area contributed by atoms with Gasteiger partial charge in [0.2, 0.25) is 0 Å². The van der Waals surface area contributed by atoms with Gasteiger partial charge in [-0.05, 0) is 26.0 Å². The van der Waals surface area contributed by atoms with Crippen LogP contribution in [0.4, 0.5) is 5.69 Å². The number of nitro groups is 1. The minimum absolute atomic E-state index is 0.0556. The Morgan fingerprint density at radius 2 is 1.85 bits per heavy atom. The second kappa shape index (κ2) is 7.33. The van der Waals surface area contributed by atoms with Gasteiger partial charge in [0.05, 0.1) is 26.9 Å². The Hall–Kier alpha value is -3.25. The third-order valence-electron chi connectivity index (χ3n) is 4.39. The van der Waals surface area contributed by atoms with E-state index in [0.29, 0.717) is 0 Å². The number of nitro benzene ring substituents is 1. The molecule has 3 rings (SSSR count). The van der Waals surface area contributed by atoms with Gasteiger partial charge in [0, 0.05) is 17.7 Å². The van der Waals surface area contributed by atoms with E-state index in [1.165, 1.54) is 17.7 Å². The number of non-ortho nitro benzene ring substituents is 1. The van der Waals surface area contributed by atoms with Crippen LogP contribution in [0.3, 0.4) is 0 Å². The van der Waals surface area contributed by atoms with E-state index in [1.54, 1.807) is 16.8 Å². The molecule has 0 radical (unpaired) electrons. The lowest BCUT2D eigenvalue weighted by Crippen LogP contribution is -2.79. The Bertz CT molecular complexity index is 1020. The first-order valence-electron chi connectivity index (χ1n) is 8.37. The van der Waals surface area contributed by atoms with E-state index in [9.17, 15) is 10.1 Å². The summed E-state index contributed by atoms with van der Waals surface area (Å²) in [6.07, 6.45) is 2.05. The molecule has 2 aromatic carbocycles. The maximum Gasteiger partial charge on any atom is 0.269 e. The number of quaternary nitrogens is 1. The van der Waals surface area contributed by atoms with Gasteiger partial charge in [0.15, 0.2) is 0 Å². The molecule has 0 saturated carbocycles. The maximum absolute atomic E-state index is 10.8. The van der Waals surface area contributed by atoms with Crippen molar-refractivity contribution >= 4 is 18.5 Å². The smallest absolute Gasteiger partial charge is 0.269 e. The van der Waals surface area contributed by atoms with E-state index < -0.39 is 4.92 Å². The van der Waals surface area contributed by atoms with Crippen LogP contribution in [0, 0.1) is 17.0 Å². The Kier molecular flexibility index (Phi) is 4.95. The van der Waals surface area contributed by atoms with Gasteiger partial charge in [-0.3, -0.25) is 10.1 Å². The number of nitrogens with two attached hydrogens (primary N) is 1. The van der Waals surface area contributed by atoms with Crippen molar-refractivity contribution in [2.45, 2.75) is 19.9 Å². The van der Waals surface area contributed by atoms with Crippen molar-refractivity contribution in [1.82, 2.24) is 9.78 Å². The van der Waals surface area contributed by atoms with Gasteiger partial charge in [-0.15, -0.1) is 0 Å². The highest BCUT2D eigenvalue weighted by Gasteiger charge is 2.10. The van der Waals surface area contributed by atoms with Gasteiger partial charge in [0.25, 0.3) is 5.69 Å². The molecule has 26 heavy (non-hydrogen) atoms. The fourth-order valence-electron chi connectivity index (χ4n) is 2.84. The summed E-state index contributed by atoms with van der Waals surface area (Å²) >= 11 is 0. The summed E-state index contributed by atoms with van der Waals surface area (Å²) < 4.78 is 1.71. The molecule has 0 aliphatic rings. The molecule has 0 bridgehead atoms. The van der Waals surface area contributed by atoms with Crippen LogP contribution < -0.4 is 15.9 Å². The molecule has 1 atom stereocenters. The van der Waals surface area contributed by atoms with Gasteiger partial charge in [0.1, 0.15) is 12.2 Å². The largest absolute Gasteiger partial charge is 0.313 e. The molecule has 0 saturated heterocycles. The first-order valence-corrected chi connectivity index (χ1v) is 8.37. The van der Waals surface area contributed by atoms with Crippen LogP contribution in [0.15, 0.2) is 54.6 Å². The van der Waals surface area contributed by atoms with Crippen LogP contribution in [0.1, 0.15) is 24.2 Å². The molecule has 1 heterocycles. The van der Waals surface area contributed by atoms with E-state index in [2.05, 4.69) is 36.1 Å². The van der Waals surface area contributed by atoms with E-state index in [1.807, 2.05) is 31.3 Å². The summed E-state index contributed by atoms with van der Waals surface area (Å²) in [7, 11) is 0. The molecule has 0 aliphatic heterocycles. The Morgan fingerprint density at radius 1 is 1.19 bits per heavy atom. The fraction of sp³-hybridized carbons (Fsp3) is 0.150. The summed E-state index contributed by atoms with van der Waals surface area (Å²) in [5.74, 6) is 0. The predicted octanol–water partition coefficient (Wildman–Crippen LogP) is 1.56. The molecule has 0 spiro atoms. The number of hydrogen-bond donors (Lipinski definition) is 1. The average molecular weight is 349 g/mol. The van der Waals surface area contributed by atoms with Crippen LogP contribution in [-0.4, -0.2) is 14.7 Å². The minimum atomic E-state index is -0.414. The van der Waals surface area contributed by atoms with Crippen molar-refractivity contribution in [1.29, 1.82) is 0 Å². The normalized spacial score (nSPS) is 12.9. The third kappa shape index (κ3) is 3.55. The van der Waals surface area contributed by atoms with E-state index >= 15 is 0 Å². The van der Waals surface area contributed by atoms with Gasteiger partial charge < -0.3 is 5.32 Å². The lowest BCUT2D eigenvalue weighted by atomic mass is 10.1.